The van der Waals surface area contributed by atoms with Gasteiger partial charge in [-0.2, -0.15) is 0 Å². The standard InChI is InChI=1S/C28H35N3O/c1-4-11-27(21(2)3)30-17-10-13-23-19-24(18-22-12-8-9-16-26(22)23)28(32)31(20-29)25-14-6-5-7-15-25/h8-9,11-12,16-20,25,29H,2,4-7,10,13-15H2,1,3H3/b27-11-,29-20?,30-17?. The molecule has 0 radical (unpaired) electrons. The Morgan fingerprint density at radius 2 is 1.97 bits per heavy atom. The lowest BCUT2D eigenvalue weighted by molar-refractivity contribution is 0.0783. The van der Waals surface area contributed by atoms with Crippen molar-refractivity contribution in [2.24, 2.45) is 4.99 Å². The number of fused-ring (bicyclic) bond motifs is 1. The Hall–Kier alpha value is -3.01. The zero-order valence-electron chi connectivity index (χ0n) is 19.4. The van der Waals surface area contributed by atoms with Gasteiger partial charge in [0, 0.05) is 17.8 Å². The van der Waals surface area contributed by atoms with Crippen molar-refractivity contribution < 1.29 is 4.79 Å². The highest BCUT2D eigenvalue weighted by molar-refractivity contribution is 6.04. The fourth-order valence-corrected chi connectivity index (χ4v) is 4.47. The van der Waals surface area contributed by atoms with Crippen LogP contribution in [0.5, 0.6) is 0 Å². The van der Waals surface area contributed by atoms with E-state index < -0.39 is 0 Å². The van der Waals surface area contributed by atoms with E-state index in [-0.39, 0.29) is 11.9 Å². The number of aryl methyl sites for hydroxylation is 1. The third-order valence-electron chi connectivity index (χ3n) is 6.14. The van der Waals surface area contributed by atoms with E-state index in [2.05, 4.69) is 36.7 Å². The largest absolute Gasteiger partial charge is 0.296 e. The molecule has 0 unspecified atom stereocenters. The van der Waals surface area contributed by atoms with Gasteiger partial charge in [0.05, 0.1) is 12.0 Å². The van der Waals surface area contributed by atoms with E-state index in [1.807, 2.05) is 37.4 Å². The van der Waals surface area contributed by atoms with Gasteiger partial charge in [-0.05, 0) is 73.1 Å². The van der Waals surface area contributed by atoms with Crippen molar-refractivity contribution in [3.63, 3.8) is 0 Å². The number of benzene rings is 2. The first-order valence-corrected chi connectivity index (χ1v) is 11.8. The minimum atomic E-state index is -0.0667. The van der Waals surface area contributed by atoms with Crippen LogP contribution in [0.1, 0.15) is 74.7 Å². The quantitative estimate of drug-likeness (QED) is 0.258. The molecule has 0 heterocycles. The summed E-state index contributed by atoms with van der Waals surface area (Å²) in [7, 11) is 0. The van der Waals surface area contributed by atoms with Gasteiger partial charge in [0.25, 0.3) is 5.91 Å². The summed E-state index contributed by atoms with van der Waals surface area (Å²) in [4.78, 5) is 19.6. The normalized spacial score (nSPS) is 15.2. The molecule has 4 heteroatoms. The molecule has 1 N–H and O–H groups in total. The van der Waals surface area contributed by atoms with Gasteiger partial charge in [-0.25, -0.2) is 0 Å². The number of rotatable bonds is 9. The fourth-order valence-electron chi connectivity index (χ4n) is 4.47. The molecule has 168 valence electrons. The Kier molecular flexibility index (Phi) is 8.55. The van der Waals surface area contributed by atoms with Crippen molar-refractivity contribution in [3.8, 4) is 0 Å². The zero-order valence-corrected chi connectivity index (χ0v) is 19.4. The van der Waals surface area contributed by atoms with Crippen LogP contribution in [0.3, 0.4) is 0 Å². The summed E-state index contributed by atoms with van der Waals surface area (Å²) in [6.45, 7) is 8.07. The van der Waals surface area contributed by atoms with Crippen LogP contribution in [0.2, 0.25) is 0 Å². The van der Waals surface area contributed by atoms with Gasteiger partial charge in [0.1, 0.15) is 0 Å². The molecule has 0 bridgehead atoms. The second-order valence-electron chi connectivity index (χ2n) is 8.62. The number of allylic oxidation sites excluding steroid dienone is 2. The molecule has 0 aliphatic heterocycles. The van der Waals surface area contributed by atoms with E-state index in [1.54, 1.807) is 4.90 Å². The van der Waals surface area contributed by atoms with E-state index in [0.29, 0.717) is 5.56 Å². The third-order valence-corrected chi connectivity index (χ3v) is 6.14. The summed E-state index contributed by atoms with van der Waals surface area (Å²) in [5.41, 5.74) is 3.71. The minimum absolute atomic E-state index is 0.0667. The molecular formula is C28H35N3O. The maximum Gasteiger partial charge on any atom is 0.259 e. The number of hydrogen-bond donors (Lipinski definition) is 1. The zero-order chi connectivity index (χ0) is 22.9. The van der Waals surface area contributed by atoms with Crippen LogP contribution in [-0.2, 0) is 6.42 Å². The molecule has 0 atom stereocenters. The Balaban J connectivity index is 1.85. The van der Waals surface area contributed by atoms with E-state index in [1.165, 1.54) is 18.1 Å². The number of nitrogens with zero attached hydrogens (tertiary/aromatic N) is 2. The SMILES string of the molecule is C=C(C)/C(=C/CC)N=CCCc1cc(C(=O)N(C=N)C2CCCCC2)cc2ccccc12. The number of nitrogens with one attached hydrogen (secondary N) is 1. The predicted molar refractivity (Wildman–Crippen MR) is 136 cm³/mol. The summed E-state index contributed by atoms with van der Waals surface area (Å²) >= 11 is 0. The van der Waals surface area contributed by atoms with Crippen LogP contribution < -0.4 is 0 Å². The average Bonchev–Trinajstić information content (AvgIpc) is 2.81. The average molecular weight is 430 g/mol. The van der Waals surface area contributed by atoms with E-state index in [0.717, 1.165) is 67.2 Å². The molecule has 1 fully saturated rings. The first-order valence-electron chi connectivity index (χ1n) is 11.8. The second kappa shape index (κ2) is 11.6. The molecule has 1 saturated carbocycles. The lowest BCUT2D eigenvalue weighted by Crippen LogP contribution is -2.40. The molecule has 0 spiro atoms. The summed E-state index contributed by atoms with van der Waals surface area (Å²) in [6.07, 6.45) is 13.2. The topological polar surface area (TPSA) is 56.5 Å². The summed E-state index contributed by atoms with van der Waals surface area (Å²) < 4.78 is 0. The van der Waals surface area contributed by atoms with Gasteiger partial charge in [-0.3, -0.25) is 20.1 Å². The minimum Gasteiger partial charge on any atom is -0.296 e. The molecule has 32 heavy (non-hydrogen) atoms. The predicted octanol–water partition coefficient (Wildman–Crippen LogP) is 7.10. The van der Waals surface area contributed by atoms with Crippen molar-refractivity contribution >= 4 is 29.2 Å². The summed E-state index contributed by atoms with van der Waals surface area (Å²) in [5, 5.41) is 10.1. The van der Waals surface area contributed by atoms with Crippen LogP contribution in [0.25, 0.3) is 10.8 Å². The van der Waals surface area contributed by atoms with E-state index >= 15 is 0 Å². The first kappa shape index (κ1) is 23.6. The maximum atomic E-state index is 13.4. The van der Waals surface area contributed by atoms with Crippen LogP contribution in [0, 0.1) is 5.41 Å². The number of hydrogen-bond acceptors (Lipinski definition) is 3. The van der Waals surface area contributed by atoms with Crippen molar-refractivity contribution in [1.29, 1.82) is 5.41 Å². The first-order chi connectivity index (χ1) is 15.5. The van der Waals surface area contributed by atoms with Gasteiger partial charge in [0.2, 0.25) is 0 Å². The molecular weight excluding hydrogens is 394 g/mol. The molecule has 4 nitrogen and oxygen atoms in total. The molecule has 3 rings (SSSR count). The molecule has 2 aromatic carbocycles. The van der Waals surface area contributed by atoms with Gasteiger partial charge in [-0.1, -0.05) is 63.1 Å². The number of amides is 1. The Bertz CT molecular complexity index is 1030. The van der Waals surface area contributed by atoms with Crippen molar-refractivity contribution in [2.45, 2.75) is 71.3 Å². The Morgan fingerprint density at radius 1 is 1.22 bits per heavy atom. The highest BCUT2D eigenvalue weighted by Crippen LogP contribution is 2.26. The maximum absolute atomic E-state index is 13.4. The number of carbonyl (C=O) groups excluding carboxylic acids is 1. The third kappa shape index (κ3) is 5.82. The van der Waals surface area contributed by atoms with Gasteiger partial charge in [0.15, 0.2) is 0 Å². The molecule has 0 saturated heterocycles. The van der Waals surface area contributed by atoms with Crippen LogP contribution in [-0.4, -0.2) is 29.4 Å². The van der Waals surface area contributed by atoms with E-state index in [9.17, 15) is 4.79 Å². The molecule has 2 aromatic rings. The van der Waals surface area contributed by atoms with Gasteiger partial charge >= 0.3 is 0 Å². The molecule has 1 aliphatic rings. The monoisotopic (exact) mass is 429 g/mol. The van der Waals surface area contributed by atoms with Crippen LogP contribution >= 0.6 is 0 Å². The van der Waals surface area contributed by atoms with Crippen molar-refractivity contribution in [3.05, 3.63) is 71.5 Å². The fraction of sp³-hybridized carbons (Fsp3) is 0.393. The van der Waals surface area contributed by atoms with Gasteiger partial charge < -0.3 is 0 Å². The van der Waals surface area contributed by atoms with Crippen molar-refractivity contribution in [1.82, 2.24) is 4.90 Å². The Labute approximate surface area is 192 Å². The lowest BCUT2D eigenvalue weighted by atomic mass is 9.93. The smallest absolute Gasteiger partial charge is 0.259 e. The lowest BCUT2D eigenvalue weighted by Gasteiger charge is -2.31. The number of carbonyl (C=O) groups is 1. The Morgan fingerprint density at radius 3 is 2.66 bits per heavy atom. The van der Waals surface area contributed by atoms with E-state index in [4.69, 9.17) is 5.41 Å². The summed E-state index contributed by atoms with van der Waals surface area (Å²) in [6, 6.07) is 12.3. The van der Waals surface area contributed by atoms with Crippen molar-refractivity contribution in [2.75, 3.05) is 0 Å². The van der Waals surface area contributed by atoms with Gasteiger partial charge in [-0.15, -0.1) is 0 Å². The number of aliphatic imine (C=N–C) groups is 1. The highest BCUT2D eigenvalue weighted by Gasteiger charge is 2.25. The summed E-state index contributed by atoms with van der Waals surface area (Å²) in [5.74, 6) is -0.0667. The molecule has 1 aliphatic carbocycles. The highest BCUT2D eigenvalue weighted by atomic mass is 16.2. The molecule has 1 amide bonds. The second-order valence-corrected chi connectivity index (χ2v) is 8.62. The van der Waals surface area contributed by atoms with Crippen LogP contribution in [0.4, 0.5) is 0 Å². The van der Waals surface area contributed by atoms with Crippen LogP contribution in [0.15, 0.2) is 65.3 Å². The molecule has 0 aromatic heterocycles.